The Morgan fingerprint density at radius 2 is 1.66 bits per heavy atom. The number of benzene rings is 1. The first-order valence-electron chi connectivity index (χ1n) is 11.1. The zero-order valence-electron chi connectivity index (χ0n) is 17.7. The average Bonchev–Trinajstić information content (AvgIpc) is 3.20. The van der Waals surface area contributed by atoms with Crippen LogP contribution in [0.2, 0.25) is 0 Å². The number of carbonyl (C=O) groups is 2. The van der Waals surface area contributed by atoms with Crippen molar-refractivity contribution in [1.29, 1.82) is 0 Å². The van der Waals surface area contributed by atoms with Crippen molar-refractivity contribution in [2.75, 3.05) is 18.0 Å². The smallest absolute Gasteiger partial charge is 0.282 e. The molecule has 4 aliphatic heterocycles. The number of hydrogen-bond acceptors (Lipinski definition) is 5. The number of fused-ring (bicyclic) bond motifs is 3. The minimum Gasteiger partial charge on any atom is -0.366 e. The number of nitrogens with zero attached hydrogens (tertiary/aromatic N) is 3. The molecule has 1 aromatic carbocycles. The quantitative estimate of drug-likeness (QED) is 0.607. The highest BCUT2D eigenvalue weighted by Crippen LogP contribution is 2.44. The minimum absolute atomic E-state index is 0.0146. The minimum atomic E-state index is -3.54. The van der Waals surface area contributed by atoms with Crippen molar-refractivity contribution >= 4 is 43.6 Å². The topological polar surface area (TPSA) is 130 Å². The van der Waals surface area contributed by atoms with E-state index in [1.807, 2.05) is 4.90 Å². The predicted molar refractivity (Wildman–Crippen MR) is 123 cm³/mol. The third kappa shape index (κ3) is 3.58. The molecule has 0 spiro atoms. The monoisotopic (exact) mass is 525 g/mol. The molecule has 4 heterocycles. The molecule has 11 heteroatoms. The van der Waals surface area contributed by atoms with Gasteiger partial charge in [-0.2, -0.15) is 17.0 Å². The van der Waals surface area contributed by atoms with Crippen LogP contribution in [-0.2, 0) is 21.4 Å². The lowest BCUT2D eigenvalue weighted by atomic mass is 9.98. The Morgan fingerprint density at radius 3 is 2.25 bits per heavy atom. The van der Waals surface area contributed by atoms with Gasteiger partial charge in [-0.3, -0.25) is 9.59 Å². The molecule has 4 N–H and O–H groups in total. The van der Waals surface area contributed by atoms with E-state index in [-0.39, 0.29) is 36.5 Å². The molecule has 0 aliphatic carbocycles. The van der Waals surface area contributed by atoms with E-state index in [4.69, 9.17) is 11.5 Å². The molecule has 9 nitrogen and oxygen atoms in total. The van der Waals surface area contributed by atoms with Gasteiger partial charge in [0.25, 0.3) is 10.2 Å². The van der Waals surface area contributed by atoms with Crippen LogP contribution in [-0.4, -0.2) is 66.1 Å². The van der Waals surface area contributed by atoms with Gasteiger partial charge in [0.2, 0.25) is 11.8 Å². The summed E-state index contributed by atoms with van der Waals surface area (Å²) in [6, 6.07) is 3.28. The van der Waals surface area contributed by atoms with Crippen LogP contribution >= 0.6 is 15.9 Å². The maximum absolute atomic E-state index is 13.4. The molecule has 4 aliphatic rings. The zero-order chi connectivity index (χ0) is 22.8. The van der Waals surface area contributed by atoms with E-state index in [0.29, 0.717) is 48.8 Å². The molecule has 174 valence electrons. The Bertz CT molecular complexity index is 1060. The molecule has 32 heavy (non-hydrogen) atoms. The molecule has 0 radical (unpaired) electrons. The first kappa shape index (κ1) is 22.3. The summed E-state index contributed by atoms with van der Waals surface area (Å²) in [6.07, 6.45) is 4.45. The Morgan fingerprint density at radius 1 is 1.03 bits per heavy atom. The van der Waals surface area contributed by atoms with Gasteiger partial charge >= 0.3 is 0 Å². The van der Waals surface area contributed by atoms with Crippen LogP contribution in [0.3, 0.4) is 0 Å². The van der Waals surface area contributed by atoms with E-state index in [0.717, 1.165) is 24.1 Å². The van der Waals surface area contributed by atoms with E-state index < -0.39 is 16.1 Å². The van der Waals surface area contributed by atoms with Crippen molar-refractivity contribution in [3.63, 3.8) is 0 Å². The van der Waals surface area contributed by atoms with Gasteiger partial charge in [-0.05, 0) is 72.2 Å². The van der Waals surface area contributed by atoms with Crippen molar-refractivity contribution in [1.82, 2.24) is 8.61 Å². The second-order valence-electron chi connectivity index (χ2n) is 9.35. The summed E-state index contributed by atoms with van der Waals surface area (Å²) in [5, 5.41) is 0. The molecule has 5 rings (SSSR count). The fourth-order valence-electron chi connectivity index (χ4n) is 5.88. The van der Waals surface area contributed by atoms with E-state index in [2.05, 4.69) is 15.9 Å². The van der Waals surface area contributed by atoms with Crippen LogP contribution in [0.1, 0.15) is 54.4 Å². The number of hydrogen-bond donors (Lipinski definition) is 2. The van der Waals surface area contributed by atoms with Gasteiger partial charge in [-0.15, -0.1) is 0 Å². The van der Waals surface area contributed by atoms with Gasteiger partial charge in [-0.1, -0.05) is 0 Å². The van der Waals surface area contributed by atoms with Crippen molar-refractivity contribution in [2.24, 2.45) is 11.5 Å². The van der Waals surface area contributed by atoms with Crippen LogP contribution in [0.15, 0.2) is 16.6 Å². The number of piperidine rings is 2. The summed E-state index contributed by atoms with van der Waals surface area (Å²) in [4.78, 5) is 26.5. The summed E-state index contributed by atoms with van der Waals surface area (Å²) in [5.41, 5.74) is 13.4. The van der Waals surface area contributed by atoms with Gasteiger partial charge in [0.15, 0.2) is 0 Å². The number of anilines is 1. The maximum Gasteiger partial charge on any atom is 0.282 e. The van der Waals surface area contributed by atoms with Crippen molar-refractivity contribution in [3.05, 3.63) is 27.7 Å². The molecule has 3 saturated heterocycles. The molecule has 2 amide bonds. The summed E-state index contributed by atoms with van der Waals surface area (Å²) >= 11 is 3.40. The third-order valence-electron chi connectivity index (χ3n) is 7.40. The standard InChI is InChI=1S/C21H28BrN5O4S/c22-18-11-19-12(7-17(18)21(24)29)8-20(28)26(19)16-9-14-1-2-15(10-16)27(14)32(30,31)25-5-3-13(23)4-6-25/h7,11,13-16H,1-6,8-10,23H2,(H2,24,29). The molecule has 2 unspecified atom stereocenters. The number of nitrogens with two attached hydrogens (primary N) is 2. The number of rotatable bonds is 4. The third-order valence-corrected chi connectivity index (χ3v) is 10.2. The normalized spacial score (nSPS) is 29.5. The number of primary amides is 1. The molecule has 1 aromatic rings. The Labute approximate surface area is 196 Å². The number of carbonyl (C=O) groups excluding carboxylic acids is 2. The molecular formula is C21H28BrN5O4S. The maximum atomic E-state index is 13.4. The van der Waals surface area contributed by atoms with Crippen molar-refractivity contribution in [3.8, 4) is 0 Å². The summed E-state index contributed by atoms with van der Waals surface area (Å²) in [5.74, 6) is -0.556. The zero-order valence-corrected chi connectivity index (χ0v) is 20.1. The molecule has 2 bridgehead atoms. The van der Waals surface area contributed by atoms with Crippen LogP contribution in [0.4, 0.5) is 5.69 Å². The second-order valence-corrected chi connectivity index (χ2v) is 12.0. The first-order chi connectivity index (χ1) is 15.2. The fourth-order valence-corrected chi connectivity index (χ4v) is 8.48. The Kier molecular flexibility index (Phi) is 5.60. The van der Waals surface area contributed by atoms with Crippen LogP contribution < -0.4 is 16.4 Å². The number of amides is 2. The highest BCUT2D eigenvalue weighted by molar-refractivity contribution is 9.10. The lowest BCUT2D eigenvalue weighted by Gasteiger charge is -2.43. The Balaban J connectivity index is 1.38. The molecular weight excluding hydrogens is 498 g/mol. The molecule has 0 aromatic heterocycles. The summed E-state index contributed by atoms with van der Waals surface area (Å²) in [7, 11) is -3.54. The molecule has 2 atom stereocenters. The predicted octanol–water partition coefficient (Wildman–Crippen LogP) is 1.10. The van der Waals surface area contributed by atoms with Crippen molar-refractivity contribution in [2.45, 2.75) is 69.1 Å². The van der Waals surface area contributed by atoms with Crippen molar-refractivity contribution < 1.29 is 18.0 Å². The fraction of sp³-hybridized carbons (Fsp3) is 0.619. The summed E-state index contributed by atoms with van der Waals surface area (Å²) in [6.45, 7) is 0.939. The highest BCUT2D eigenvalue weighted by Gasteiger charge is 2.51. The van der Waals surface area contributed by atoms with Gasteiger partial charge in [0, 0.05) is 47.4 Å². The van der Waals surface area contributed by atoms with E-state index in [1.54, 1.807) is 20.7 Å². The van der Waals surface area contributed by atoms with Crippen LogP contribution in [0.5, 0.6) is 0 Å². The van der Waals surface area contributed by atoms with E-state index in [9.17, 15) is 18.0 Å². The number of halogens is 1. The van der Waals surface area contributed by atoms with Gasteiger partial charge in [0.1, 0.15) is 0 Å². The largest absolute Gasteiger partial charge is 0.366 e. The molecule has 3 fully saturated rings. The molecule has 0 saturated carbocycles. The van der Waals surface area contributed by atoms with E-state index >= 15 is 0 Å². The second kappa shape index (κ2) is 8.05. The Hall–Kier alpha value is -1.53. The average molecular weight is 526 g/mol. The first-order valence-corrected chi connectivity index (χ1v) is 13.3. The van der Waals surface area contributed by atoms with Gasteiger partial charge < -0.3 is 16.4 Å². The van der Waals surface area contributed by atoms with Gasteiger partial charge in [-0.25, -0.2) is 0 Å². The highest BCUT2D eigenvalue weighted by atomic mass is 79.9. The summed E-state index contributed by atoms with van der Waals surface area (Å²) < 4.78 is 30.7. The van der Waals surface area contributed by atoms with Gasteiger partial charge in [0.05, 0.1) is 12.0 Å². The lowest BCUT2D eigenvalue weighted by Crippen LogP contribution is -2.57. The van der Waals surface area contributed by atoms with Crippen LogP contribution in [0, 0.1) is 0 Å². The van der Waals surface area contributed by atoms with Crippen LogP contribution in [0.25, 0.3) is 0 Å². The van der Waals surface area contributed by atoms with E-state index in [1.165, 1.54) is 0 Å². The SMILES string of the molecule is NC(=O)c1cc2c(cc1Br)N(C1CC3CCC(C1)N3S(=O)(=O)N1CCC(N)CC1)C(=O)C2. The lowest BCUT2D eigenvalue weighted by molar-refractivity contribution is -0.118.